The number of hydrogen-bond donors (Lipinski definition) is 0. The zero-order chi connectivity index (χ0) is 19.7. The first kappa shape index (κ1) is 19.7. The number of aromatic nitrogens is 2. The first-order chi connectivity index (χ1) is 13.6. The van der Waals surface area contributed by atoms with Crippen molar-refractivity contribution >= 4 is 39.2 Å². The number of allylic oxidation sites excluding steroid dienone is 1. The molecule has 0 saturated heterocycles. The summed E-state index contributed by atoms with van der Waals surface area (Å²) in [7, 11) is 0. The van der Waals surface area contributed by atoms with Crippen LogP contribution in [0.4, 0.5) is 0 Å². The molecule has 1 amide bonds. The summed E-state index contributed by atoms with van der Waals surface area (Å²) in [5, 5.41) is 3.13. The van der Waals surface area contributed by atoms with Crippen LogP contribution < -0.4 is 5.56 Å². The summed E-state index contributed by atoms with van der Waals surface area (Å²) in [5.41, 5.74) is -0.0542. The monoisotopic (exact) mass is 417 g/mol. The third-order valence-electron chi connectivity index (χ3n) is 5.79. The lowest BCUT2D eigenvalue weighted by Crippen LogP contribution is -2.44. The van der Waals surface area contributed by atoms with Gasteiger partial charge in [0, 0.05) is 18.6 Å². The van der Waals surface area contributed by atoms with Gasteiger partial charge < -0.3 is 4.90 Å². The van der Waals surface area contributed by atoms with Gasteiger partial charge in [-0.25, -0.2) is 4.98 Å². The molecule has 0 unspecified atom stereocenters. The lowest BCUT2D eigenvalue weighted by Gasteiger charge is -2.36. The van der Waals surface area contributed by atoms with Gasteiger partial charge in [0.25, 0.3) is 5.56 Å². The summed E-state index contributed by atoms with van der Waals surface area (Å²) in [4.78, 5) is 33.4. The average Bonchev–Trinajstić information content (AvgIpc) is 3.40. The zero-order valence-corrected chi connectivity index (χ0v) is 17.9. The minimum atomic E-state index is -0.0542. The SMILES string of the molecule is C=CCn1c(SCC(=O)N(C2CCC(C)CC2)C2CC2)nc2sccc2c1=O. The fourth-order valence-corrected chi connectivity index (χ4v) is 5.79. The molecule has 2 heterocycles. The minimum absolute atomic E-state index is 0.0542. The van der Waals surface area contributed by atoms with E-state index < -0.39 is 0 Å². The second-order valence-corrected chi connectivity index (χ2v) is 9.81. The van der Waals surface area contributed by atoms with Crippen molar-refractivity contribution in [3.63, 3.8) is 0 Å². The Balaban J connectivity index is 1.51. The first-order valence-electron chi connectivity index (χ1n) is 10.1. The van der Waals surface area contributed by atoms with E-state index in [0.717, 1.165) is 36.4 Å². The molecule has 0 radical (unpaired) electrons. The van der Waals surface area contributed by atoms with Gasteiger partial charge in [0.2, 0.25) is 5.91 Å². The van der Waals surface area contributed by atoms with Gasteiger partial charge >= 0.3 is 0 Å². The maximum Gasteiger partial charge on any atom is 0.263 e. The summed E-state index contributed by atoms with van der Waals surface area (Å²) >= 11 is 2.85. The molecule has 2 aromatic heterocycles. The number of thiophene rings is 1. The molecule has 2 saturated carbocycles. The highest BCUT2D eigenvalue weighted by Gasteiger charge is 2.38. The lowest BCUT2D eigenvalue weighted by atomic mass is 9.86. The fourth-order valence-electron chi connectivity index (χ4n) is 4.11. The molecule has 2 aliphatic rings. The largest absolute Gasteiger partial charge is 0.336 e. The van der Waals surface area contributed by atoms with Crippen LogP contribution in [0, 0.1) is 5.92 Å². The van der Waals surface area contributed by atoms with E-state index >= 15 is 0 Å². The van der Waals surface area contributed by atoms with Crippen LogP contribution in [-0.2, 0) is 11.3 Å². The molecule has 0 bridgehead atoms. The Morgan fingerprint density at radius 3 is 2.64 bits per heavy atom. The van der Waals surface area contributed by atoms with Gasteiger partial charge in [-0.05, 0) is 55.9 Å². The second-order valence-electron chi connectivity index (χ2n) is 7.97. The van der Waals surface area contributed by atoms with E-state index in [9.17, 15) is 9.59 Å². The van der Waals surface area contributed by atoms with Crippen molar-refractivity contribution < 1.29 is 4.79 Å². The predicted molar refractivity (Wildman–Crippen MR) is 116 cm³/mol. The molecular formula is C21H27N3O2S2. The molecule has 4 rings (SSSR count). The Morgan fingerprint density at radius 1 is 1.32 bits per heavy atom. The van der Waals surface area contributed by atoms with E-state index in [1.54, 1.807) is 10.6 Å². The van der Waals surface area contributed by atoms with Gasteiger partial charge in [0.15, 0.2) is 5.16 Å². The minimum Gasteiger partial charge on any atom is -0.336 e. The van der Waals surface area contributed by atoms with E-state index in [-0.39, 0.29) is 11.5 Å². The number of nitrogens with zero attached hydrogens (tertiary/aromatic N) is 3. The smallest absolute Gasteiger partial charge is 0.263 e. The summed E-state index contributed by atoms with van der Waals surface area (Å²) in [6.07, 6.45) is 8.62. The molecule has 0 N–H and O–H groups in total. The topological polar surface area (TPSA) is 55.2 Å². The van der Waals surface area contributed by atoms with Gasteiger partial charge in [0.1, 0.15) is 4.83 Å². The summed E-state index contributed by atoms with van der Waals surface area (Å²) < 4.78 is 1.63. The molecule has 2 aromatic rings. The van der Waals surface area contributed by atoms with Crippen molar-refractivity contribution in [2.75, 3.05) is 5.75 Å². The van der Waals surface area contributed by atoms with Crippen LogP contribution >= 0.6 is 23.1 Å². The summed E-state index contributed by atoms with van der Waals surface area (Å²) in [5.74, 6) is 1.30. The van der Waals surface area contributed by atoms with Gasteiger partial charge in [-0.2, -0.15) is 0 Å². The molecule has 0 spiro atoms. The molecule has 7 heteroatoms. The quantitative estimate of drug-likeness (QED) is 0.383. The van der Waals surface area contributed by atoms with E-state index in [1.807, 2.05) is 11.4 Å². The molecule has 28 heavy (non-hydrogen) atoms. The molecule has 150 valence electrons. The van der Waals surface area contributed by atoms with E-state index in [1.165, 1.54) is 35.9 Å². The maximum atomic E-state index is 13.1. The molecular weight excluding hydrogens is 390 g/mol. The first-order valence-corrected chi connectivity index (χ1v) is 12.0. The van der Waals surface area contributed by atoms with Crippen LogP contribution in [0.1, 0.15) is 45.4 Å². The number of carbonyl (C=O) groups excluding carboxylic acids is 1. The third-order valence-corrected chi connectivity index (χ3v) is 7.56. The molecule has 0 aromatic carbocycles. The van der Waals surface area contributed by atoms with Crippen LogP contribution in [0.15, 0.2) is 34.1 Å². The van der Waals surface area contributed by atoms with Gasteiger partial charge in [-0.3, -0.25) is 14.2 Å². The number of carbonyl (C=O) groups is 1. The lowest BCUT2D eigenvalue weighted by molar-refractivity contribution is -0.132. The maximum absolute atomic E-state index is 13.1. The predicted octanol–water partition coefficient (Wildman–Crippen LogP) is 4.31. The number of hydrogen-bond acceptors (Lipinski definition) is 5. The van der Waals surface area contributed by atoms with E-state index in [2.05, 4.69) is 23.4 Å². The van der Waals surface area contributed by atoms with Crippen LogP contribution in [-0.4, -0.2) is 38.2 Å². The van der Waals surface area contributed by atoms with E-state index in [4.69, 9.17) is 0 Å². The van der Waals surface area contributed by atoms with Crippen molar-refractivity contribution in [1.29, 1.82) is 0 Å². The van der Waals surface area contributed by atoms with Crippen LogP contribution in [0.5, 0.6) is 0 Å². The van der Waals surface area contributed by atoms with Crippen LogP contribution in [0.3, 0.4) is 0 Å². The van der Waals surface area contributed by atoms with Crippen LogP contribution in [0.25, 0.3) is 10.2 Å². The van der Waals surface area contributed by atoms with Gasteiger partial charge in [0.05, 0.1) is 11.1 Å². The summed E-state index contributed by atoms with van der Waals surface area (Å²) in [6.45, 7) is 6.47. The fraction of sp³-hybridized carbons (Fsp3) is 0.571. The van der Waals surface area contributed by atoms with Crippen molar-refractivity contribution in [3.8, 4) is 0 Å². The molecule has 5 nitrogen and oxygen atoms in total. The van der Waals surface area contributed by atoms with Crippen LogP contribution in [0.2, 0.25) is 0 Å². The highest BCUT2D eigenvalue weighted by Crippen LogP contribution is 2.36. The number of rotatable bonds is 7. The zero-order valence-electron chi connectivity index (χ0n) is 16.3. The van der Waals surface area contributed by atoms with Crippen molar-refractivity contribution in [3.05, 3.63) is 34.5 Å². The standard InChI is InChI=1S/C21H27N3O2S2/c1-3-11-23-20(26)17-10-12-27-19(17)22-21(23)28-13-18(25)24(16-8-9-16)15-6-4-14(2)5-7-15/h3,10,12,14-16H,1,4-9,11,13H2,2H3. The number of thioether (sulfide) groups is 1. The average molecular weight is 418 g/mol. The molecule has 2 fully saturated rings. The Hall–Kier alpha value is -1.60. The Kier molecular flexibility index (Phi) is 5.92. The van der Waals surface area contributed by atoms with Gasteiger partial charge in [-0.1, -0.05) is 24.8 Å². The van der Waals surface area contributed by atoms with Crippen molar-refractivity contribution in [2.45, 2.75) is 69.2 Å². The van der Waals surface area contributed by atoms with Crippen molar-refractivity contribution in [1.82, 2.24) is 14.5 Å². The normalized spacial score (nSPS) is 22.3. The second kappa shape index (κ2) is 8.41. The Bertz CT molecular complexity index is 923. The Morgan fingerprint density at radius 2 is 2.00 bits per heavy atom. The molecule has 0 aliphatic heterocycles. The Labute approximate surface area is 173 Å². The van der Waals surface area contributed by atoms with Crippen molar-refractivity contribution in [2.24, 2.45) is 5.92 Å². The third kappa shape index (κ3) is 4.06. The summed E-state index contributed by atoms with van der Waals surface area (Å²) in [6, 6.07) is 2.63. The molecule has 0 atom stereocenters. The highest BCUT2D eigenvalue weighted by molar-refractivity contribution is 7.99. The number of fused-ring (bicyclic) bond motifs is 1. The van der Waals surface area contributed by atoms with E-state index in [0.29, 0.717) is 34.9 Å². The number of amides is 1. The highest BCUT2D eigenvalue weighted by atomic mass is 32.2. The molecule has 2 aliphatic carbocycles. The van der Waals surface area contributed by atoms with Gasteiger partial charge in [-0.15, -0.1) is 17.9 Å².